The Hall–Kier alpha value is 0. The molecule has 0 aromatic carbocycles. The second kappa shape index (κ2) is 3.63. The summed E-state index contributed by atoms with van der Waals surface area (Å²) < 4.78 is 0. The predicted octanol–water partition coefficient (Wildman–Crippen LogP) is 4.39. The molecule has 2 aliphatic rings. The summed E-state index contributed by atoms with van der Waals surface area (Å²) in [5.74, 6) is 2.01. The van der Waals surface area contributed by atoms with Gasteiger partial charge in [-0.1, -0.05) is 39.5 Å². The molecule has 0 heteroatoms. The maximum absolute atomic E-state index is 2.40. The smallest absolute Gasteiger partial charge is 0.0292 e. The highest BCUT2D eigenvalue weighted by Crippen LogP contribution is 2.55. The Morgan fingerprint density at radius 3 is 1.92 bits per heavy atom. The molecule has 0 atom stereocenters. The van der Waals surface area contributed by atoms with Crippen LogP contribution in [0.3, 0.4) is 0 Å². The standard InChI is InChI=1S/C13H24/c1-11(2)12-9-13(10-12)7-5-3-4-6-8-13/h11-12H,3-10H2,1-2H3. The van der Waals surface area contributed by atoms with E-state index in [1.165, 1.54) is 25.7 Å². The van der Waals surface area contributed by atoms with Gasteiger partial charge in [-0.25, -0.2) is 0 Å². The zero-order chi connectivity index (χ0) is 9.31. The predicted molar refractivity (Wildman–Crippen MR) is 57.7 cm³/mol. The third-order valence-electron chi connectivity index (χ3n) is 4.50. The van der Waals surface area contributed by atoms with Gasteiger partial charge in [0.15, 0.2) is 0 Å². The average molecular weight is 180 g/mol. The number of rotatable bonds is 1. The molecule has 0 nitrogen and oxygen atoms in total. The molecule has 0 aromatic rings. The van der Waals surface area contributed by atoms with Gasteiger partial charge in [-0.15, -0.1) is 0 Å². The van der Waals surface area contributed by atoms with E-state index in [2.05, 4.69) is 13.8 Å². The van der Waals surface area contributed by atoms with E-state index in [9.17, 15) is 0 Å². The Morgan fingerprint density at radius 2 is 1.46 bits per heavy atom. The minimum atomic E-state index is 0.839. The second-order valence-corrected chi connectivity index (χ2v) is 5.83. The largest absolute Gasteiger partial charge is 0.0625 e. The fourth-order valence-corrected chi connectivity index (χ4v) is 3.41. The van der Waals surface area contributed by atoms with Crippen molar-refractivity contribution in [2.45, 2.75) is 65.2 Å². The van der Waals surface area contributed by atoms with E-state index in [1.54, 1.807) is 25.7 Å². The molecule has 0 amide bonds. The maximum atomic E-state index is 2.40. The molecule has 0 bridgehead atoms. The molecule has 2 fully saturated rings. The first kappa shape index (κ1) is 9.55. The summed E-state index contributed by atoms with van der Waals surface area (Å²) in [6.45, 7) is 4.79. The summed E-state index contributed by atoms with van der Waals surface area (Å²) in [6.07, 6.45) is 12.3. The van der Waals surface area contributed by atoms with E-state index < -0.39 is 0 Å². The van der Waals surface area contributed by atoms with E-state index in [1.807, 2.05) is 0 Å². The highest BCUT2D eigenvalue weighted by molar-refractivity contribution is 4.95. The zero-order valence-corrected chi connectivity index (χ0v) is 9.31. The van der Waals surface area contributed by atoms with Crippen LogP contribution in [0.1, 0.15) is 65.2 Å². The van der Waals surface area contributed by atoms with Gasteiger partial charge < -0.3 is 0 Å². The molecule has 76 valence electrons. The number of hydrogen-bond donors (Lipinski definition) is 0. The molecule has 2 saturated carbocycles. The molecular formula is C13H24. The van der Waals surface area contributed by atoms with Crippen molar-refractivity contribution >= 4 is 0 Å². The monoisotopic (exact) mass is 180 g/mol. The molecule has 0 heterocycles. The van der Waals surface area contributed by atoms with Gasteiger partial charge in [-0.3, -0.25) is 0 Å². The Bertz CT molecular complexity index is 153. The van der Waals surface area contributed by atoms with Crippen LogP contribution in [-0.4, -0.2) is 0 Å². The lowest BCUT2D eigenvalue weighted by molar-refractivity contribution is 0.0112. The van der Waals surface area contributed by atoms with Crippen LogP contribution in [0.15, 0.2) is 0 Å². The molecule has 2 rings (SSSR count). The normalized spacial score (nSPS) is 28.8. The van der Waals surface area contributed by atoms with Gasteiger partial charge in [0.1, 0.15) is 0 Å². The molecule has 13 heavy (non-hydrogen) atoms. The van der Waals surface area contributed by atoms with Crippen LogP contribution in [0.25, 0.3) is 0 Å². The lowest BCUT2D eigenvalue weighted by atomic mass is 9.56. The first-order valence-corrected chi connectivity index (χ1v) is 6.22. The molecule has 0 aromatic heterocycles. The third kappa shape index (κ3) is 1.92. The van der Waals surface area contributed by atoms with Gasteiger partial charge >= 0.3 is 0 Å². The second-order valence-electron chi connectivity index (χ2n) is 5.83. The summed E-state index contributed by atoms with van der Waals surface area (Å²) in [6, 6.07) is 0. The lowest BCUT2D eigenvalue weighted by Crippen LogP contribution is -2.39. The van der Waals surface area contributed by atoms with E-state index >= 15 is 0 Å². The van der Waals surface area contributed by atoms with Crippen molar-refractivity contribution in [1.82, 2.24) is 0 Å². The molecule has 2 aliphatic carbocycles. The average Bonchev–Trinajstić information content (AvgIpc) is 2.24. The van der Waals surface area contributed by atoms with Gasteiger partial charge in [0.2, 0.25) is 0 Å². The zero-order valence-electron chi connectivity index (χ0n) is 9.31. The van der Waals surface area contributed by atoms with Gasteiger partial charge in [-0.2, -0.15) is 0 Å². The Morgan fingerprint density at radius 1 is 0.923 bits per heavy atom. The van der Waals surface area contributed by atoms with Gasteiger partial charge in [0.05, 0.1) is 0 Å². The van der Waals surface area contributed by atoms with Crippen molar-refractivity contribution < 1.29 is 0 Å². The van der Waals surface area contributed by atoms with Crippen molar-refractivity contribution in [3.05, 3.63) is 0 Å². The Labute approximate surface area is 83.1 Å². The van der Waals surface area contributed by atoms with Crippen molar-refractivity contribution in [1.29, 1.82) is 0 Å². The highest BCUT2D eigenvalue weighted by Gasteiger charge is 2.44. The van der Waals surface area contributed by atoms with E-state index in [0.717, 1.165) is 17.3 Å². The van der Waals surface area contributed by atoms with Gasteiger partial charge in [0, 0.05) is 0 Å². The van der Waals surface area contributed by atoms with Crippen molar-refractivity contribution in [2.75, 3.05) is 0 Å². The van der Waals surface area contributed by atoms with E-state index in [0.29, 0.717) is 0 Å². The highest BCUT2D eigenvalue weighted by atomic mass is 14.5. The van der Waals surface area contributed by atoms with Crippen molar-refractivity contribution in [2.24, 2.45) is 17.3 Å². The molecular weight excluding hydrogens is 156 g/mol. The van der Waals surface area contributed by atoms with Crippen LogP contribution in [0.2, 0.25) is 0 Å². The number of hydrogen-bond acceptors (Lipinski definition) is 0. The Balaban J connectivity index is 1.86. The summed E-state index contributed by atoms with van der Waals surface area (Å²) in [5, 5.41) is 0. The van der Waals surface area contributed by atoms with Gasteiger partial charge in [0.25, 0.3) is 0 Å². The lowest BCUT2D eigenvalue weighted by Gasteiger charge is -2.50. The molecule has 0 N–H and O–H groups in total. The van der Waals surface area contributed by atoms with Crippen LogP contribution in [0.4, 0.5) is 0 Å². The summed E-state index contributed by atoms with van der Waals surface area (Å²) in [7, 11) is 0. The summed E-state index contributed by atoms with van der Waals surface area (Å²) in [4.78, 5) is 0. The van der Waals surface area contributed by atoms with Crippen LogP contribution in [0, 0.1) is 17.3 Å². The first-order chi connectivity index (χ1) is 6.22. The quantitative estimate of drug-likeness (QED) is 0.561. The van der Waals surface area contributed by atoms with E-state index in [4.69, 9.17) is 0 Å². The molecule has 0 unspecified atom stereocenters. The van der Waals surface area contributed by atoms with Crippen molar-refractivity contribution in [3.8, 4) is 0 Å². The molecule has 1 spiro atoms. The van der Waals surface area contributed by atoms with Crippen LogP contribution < -0.4 is 0 Å². The maximum Gasteiger partial charge on any atom is -0.0292 e. The SMILES string of the molecule is CC(C)C1CC2(CCCCCC2)C1. The minimum Gasteiger partial charge on any atom is -0.0625 e. The topological polar surface area (TPSA) is 0 Å². The fourth-order valence-electron chi connectivity index (χ4n) is 3.41. The fraction of sp³-hybridized carbons (Fsp3) is 1.00. The molecule has 0 radical (unpaired) electrons. The molecule has 0 aliphatic heterocycles. The summed E-state index contributed by atoms with van der Waals surface area (Å²) in [5.41, 5.74) is 0.839. The minimum absolute atomic E-state index is 0.839. The third-order valence-corrected chi connectivity index (χ3v) is 4.50. The van der Waals surface area contributed by atoms with Crippen LogP contribution in [-0.2, 0) is 0 Å². The molecule has 0 saturated heterocycles. The van der Waals surface area contributed by atoms with Gasteiger partial charge in [-0.05, 0) is 42.9 Å². The van der Waals surface area contributed by atoms with Crippen LogP contribution in [0.5, 0.6) is 0 Å². The van der Waals surface area contributed by atoms with Crippen molar-refractivity contribution in [3.63, 3.8) is 0 Å². The first-order valence-electron chi connectivity index (χ1n) is 6.22. The van der Waals surface area contributed by atoms with Crippen LogP contribution >= 0.6 is 0 Å². The summed E-state index contributed by atoms with van der Waals surface area (Å²) >= 11 is 0. The Kier molecular flexibility index (Phi) is 2.67. The van der Waals surface area contributed by atoms with E-state index in [-0.39, 0.29) is 0 Å².